The van der Waals surface area contributed by atoms with Crippen molar-refractivity contribution in [2.24, 2.45) is 0 Å². The van der Waals surface area contributed by atoms with Gasteiger partial charge in [0.1, 0.15) is 0 Å². The van der Waals surface area contributed by atoms with Crippen molar-refractivity contribution in [3.8, 4) is 22.5 Å². The molecular formula is C60H42N4. The van der Waals surface area contributed by atoms with Gasteiger partial charge >= 0.3 is 0 Å². The monoisotopic (exact) mass is 818 g/mol. The van der Waals surface area contributed by atoms with Crippen LogP contribution in [0.3, 0.4) is 0 Å². The van der Waals surface area contributed by atoms with Crippen molar-refractivity contribution in [2.45, 2.75) is 25.7 Å². The van der Waals surface area contributed by atoms with Crippen molar-refractivity contribution in [3.63, 3.8) is 0 Å². The first-order chi connectivity index (χ1) is 31.7. The van der Waals surface area contributed by atoms with Gasteiger partial charge in [0.15, 0.2) is 0 Å². The van der Waals surface area contributed by atoms with E-state index in [0.717, 1.165) is 103 Å². The Labute approximate surface area is 372 Å². The number of benzene rings is 9. The van der Waals surface area contributed by atoms with Crippen molar-refractivity contribution in [2.75, 3.05) is 9.80 Å². The minimum absolute atomic E-state index is 0.943. The van der Waals surface area contributed by atoms with Gasteiger partial charge in [-0.1, -0.05) is 133 Å². The number of pyridine rings is 2. The lowest BCUT2D eigenvalue weighted by Crippen LogP contribution is -2.12. The van der Waals surface area contributed by atoms with Gasteiger partial charge in [-0.25, -0.2) is 9.97 Å². The van der Waals surface area contributed by atoms with Crippen LogP contribution >= 0.6 is 0 Å². The summed E-state index contributed by atoms with van der Waals surface area (Å²) in [7, 11) is 0. The first-order valence-electron chi connectivity index (χ1n) is 22.4. The lowest BCUT2D eigenvalue weighted by atomic mass is 9.87. The van der Waals surface area contributed by atoms with Crippen molar-refractivity contribution in [1.29, 1.82) is 0 Å². The van der Waals surface area contributed by atoms with E-state index in [-0.39, 0.29) is 0 Å². The molecule has 302 valence electrons. The van der Waals surface area contributed by atoms with Gasteiger partial charge in [-0.3, -0.25) is 0 Å². The molecule has 0 aliphatic carbocycles. The summed E-state index contributed by atoms with van der Waals surface area (Å²) in [5.74, 6) is 0. The molecule has 2 aromatic heterocycles. The lowest BCUT2D eigenvalue weighted by Gasteiger charge is -2.29. The first-order valence-corrected chi connectivity index (χ1v) is 22.4. The average molecular weight is 819 g/mol. The van der Waals surface area contributed by atoms with Crippen LogP contribution in [0.25, 0.3) is 65.9 Å². The Bertz CT molecular complexity index is 3330. The van der Waals surface area contributed by atoms with E-state index in [1.54, 1.807) is 0 Å². The summed E-state index contributed by atoms with van der Waals surface area (Å²) in [6, 6.07) is 75.5. The van der Waals surface area contributed by atoms with Gasteiger partial charge in [0.05, 0.1) is 22.4 Å². The molecule has 0 fully saturated rings. The number of hydrogen-bond donors (Lipinski definition) is 0. The van der Waals surface area contributed by atoms with Gasteiger partial charge in [-0.05, 0) is 142 Å². The number of hydrogen-bond acceptors (Lipinski definition) is 4. The minimum atomic E-state index is 0.943. The molecule has 0 saturated carbocycles. The molecule has 13 rings (SSSR count). The highest BCUT2D eigenvalue weighted by Crippen LogP contribution is 2.50. The van der Waals surface area contributed by atoms with E-state index in [2.05, 4.69) is 216 Å². The molecule has 0 atom stereocenters. The zero-order chi connectivity index (χ0) is 42.1. The van der Waals surface area contributed by atoms with Gasteiger partial charge in [-0.15, -0.1) is 0 Å². The SMILES string of the molecule is c1ccc2c(c1)CCc1ccccc1N2c1ccc2c(-c3ccc4ccccc4n3)c3cc(N4c5ccccc5CCc5ccccc54)ccc3c(-c3ccc4ccccc4n3)c2c1. The molecule has 2 aliphatic rings. The molecule has 64 heavy (non-hydrogen) atoms. The molecule has 0 bridgehead atoms. The molecule has 4 nitrogen and oxygen atoms in total. The van der Waals surface area contributed by atoms with E-state index in [9.17, 15) is 0 Å². The number of aryl methyl sites for hydroxylation is 4. The molecule has 4 heteroatoms. The van der Waals surface area contributed by atoms with E-state index in [4.69, 9.17) is 9.97 Å². The van der Waals surface area contributed by atoms with Crippen LogP contribution in [0, 0.1) is 0 Å². The molecule has 0 amide bonds. The predicted octanol–water partition coefficient (Wildman–Crippen LogP) is 15.6. The van der Waals surface area contributed by atoms with E-state index >= 15 is 0 Å². The molecule has 2 aliphatic heterocycles. The molecule has 11 aromatic rings. The number of para-hydroxylation sites is 6. The number of rotatable bonds is 4. The molecule has 0 saturated heterocycles. The van der Waals surface area contributed by atoms with Crippen LogP contribution in [0.15, 0.2) is 206 Å². The highest BCUT2D eigenvalue weighted by molar-refractivity contribution is 6.22. The van der Waals surface area contributed by atoms with E-state index in [0.29, 0.717) is 0 Å². The Morgan fingerprint density at radius 3 is 1.03 bits per heavy atom. The molecule has 0 N–H and O–H groups in total. The van der Waals surface area contributed by atoms with Crippen LogP contribution in [0.5, 0.6) is 0 Å². The van der Waals surface area contributed by atoms with Gasteiger partial charge in [0.25, 0.3) is 0 Å². The van der Waals surface area contributed by atoms with Gasteiger partial charge in [0.2, 0.25) is 0 Å². The van der Waals surface area contributed by atoms with Gasteiger partial charge in [-0.2, -0.15) is 0 Å². The number of nitrogens with zero attached hydrogens (tertiary/aromatic N) is 4. The highest BCUT2D eigenvalue weighted by Gasteiger charge is 2.27. The first kappa shape index (κ1) is 36.6. The Morgan fingerprint density at radius 2 is 0.641 bits per heavy atom. The topological polar surface area (TPSA) is 32.3 Å². The standard InChI is InChI=1S/C60H42N4/c1-7-19-51-39(13-1)29-35-53(61-51)59-47-33-31-46(64-57-23-11-5-17-43(57)27-28-44-18-6-12-24-58(44)64)38-50(47)60(54-36-30-40-14-2-8-20-52(40)62-54)48-34-32-45(37-49(48)59)63-55-21-9-3-15-41(55)25-26-42-16-4-10-22-56(42)63/h1-24,29-38H,25-28H2. The summed E-state index contributed by atoms with van der Waals surface area (Å²) in [4.78, 5) is 15.9. The van der Waals surface area contributed by atoms with Crippen LogP contribution in [0.1, 0.15) is 22.3 Å². The number of anilines is 6. The lowest BCUT2D eigenvalue weighted by molar-refractivity contribution is 0.977. The molecule has 0 unspecified atom stereocenters. The number of fused-ring (bicyclic) bond motifs is 8. The van der Waals surface area contributed by atoms with E-state index < -0.39 is 0 Å². The van der Waals surface area contributed by atoms with Crippen LogP contribution < -0.4 is 9.80 Å². The fourth-order valence-corrected chi connectivity index (χ4v) is 10.6. The summed E-state index contributed by atoms with van der Waals surface area (Å²) in [5, 5.41) is 6.78. The zero-order valence-electron chi connectivity index (χ0n) is 35.2. The van der Waals surface area contributed by atoms with Crippen molar-refractivity contribution < 1.29 is 0 Å². The maximum absolute atomic E-state index is 5.46. The Morgan fingerprint density at radius 1 is 0.297 bits per heavy atom. The highest BCUT2D eigenvalue weighted by atomic mass is 15.2. The summed E-state index contributed by atoms with van der Waals surface area (Å²) in [6.45, 7) is 0. The maximum Gasteiger partial charge on any atom is 0.0722 e. The molecular weight excluding hydrogens is 777 g/mol. The normalized spacial score (nSPS) is 13.3. The summed E-state index contributed by atoms with van der Waals surface area (Å²) >= 11 is 0. The van der Waals surface area contributed by atoms with Crippen LogP contribution in [0.4, 0.5) is 34.1 Å². The van der Waals surface area contributed by atoms with E-state index in [1.165, 1.54) is 45.0 Å². The predicted molar refractivity (Wildman–Crippen MR) is 267 cm³/mol. The van der Waals surface area contributed by atoms with Gasteiger partial charge in [0, 0.05) is 56.0 Å². The smallest absolute Gasteiger partial charge is 0.0722 e. The third kappa shape index (κ3) is 5.90. The maximum atomic E-state index is 5.46. The molecule has 9 aromatic carbocycles. The quantitative estimate of drug-likeness (QED) is 0.166. The van der Waals surface area contributed by atoms with Crippen molar-refractivity contribution in [3.05, 3.63) is 229 Å². The summed E-state index contributed by atoms with van der Waals surface area (Å²) < 4.78 is 0. The Balaban J connectivity index is 1.16. The minimum Gasteiger partial charge on any atom is -0.310 e. The molecule has 0 spiro atoms. The van der Waals surface area contributed by atoms with Gasteiger partial charge < -0.3 is 9.80 Å². The third-order valence-corrected chi connectivity index (χ3v) is 13.6. The fraction of sp³-hybridized carbons (Fsp3) is 0.0667. The Hall–Kier alpha value is -8.08. The number of aromatic nitrogens is 2. The summed E-state index contributed by atoms with van der Waals surface area (Å²) in [6.07, 6.45) is 3.95. The Kier molecular flexibility index (Phi) is 8.45. The average Bonchev–Trinajstić information content (AvgIpc) is 3.63. The second-order valence-electron chi connectivity index (χ2n) is 17.2. The molecule has 4 heterocycles. The molecule has 0 radical (unpaired) electrons. The fourth-order valence-electron chi connectivity index (χ4n) is 10.6. The van der Waals surface area contributed by atoms with Crippen molar-refractivity contribution >= 4 is 77.5 Å². The summed E-state index contributed by atoms with van der Waals surface area (Å²) in [5.41, 5.74) is 18.6. The van der Waals surface area contributed by atoms with Crippen LogP contribution in [-0.2, 0) is 25.7 Å². The van der Waals surface area contributed by atoms with Crippen LogP contribution in [-0.4, -0.2) is 9.97 Å². The second-order valence-corrected chi connectivity index (χ2v) is 17.2. The third-order valence-electron chi connectivity index (χ3n) is 13.6. The largest absolute Gasteiger partial charge is 0.310 e. The van der Waals surface area contributed by atoms with Crippen LogP contribution in [0.2, 0.25) is 0 Å². The zero-order valence-corrected chi connectivity index (χ0v) is 35.2. The second kappa shape index (κ2) is 14.8. The van der Waals surface area contributed by atoms with Crippen molar-refractivity contribution in [1.82, 2.24) is 9.97 Å². The van der Waals surface area contributed by atoms with E-state index in [1.807, 2.05) is 0 Å².